The Morgan fingerprint density at radius 2 is 1.96 bits per heavy atom. The summed E-state index contributed by atoms with van der Waals surface area (Å²) in [7, 11) is 0. The minimum absolute atomic E-state index is 0.488. The maximum atomic E-state index is 9.53. The van der Waals surface area contributed by atoms with Crippen molar-refractivity contribution in [3.05, 3.63) is 76.0 Å². The summed E-state index contributed by atoms with van der Waals surface area (Å²) in [5.41, 5.74) is 3.85. The number of aromatic nitrogens is 3. The van der Waals surface area contributed by atoms with E-state index in [0.717, 1.165) is 16.9 Å². The van der Waals surface area contributed by atoms with Crippen molar-refractivity contribution in [1.29, 1.82) is 5.26 Å². The molecule has 4 rings (SSSR count). The Kier molecular flexibility index (Phi) is 4.06. The number of benzene rings is 1. The number of halogens is 1. The van der Waals surface area contributed by atoms with Crippen LogP contribution >= 0.6 is 22.9 Å². The second-order valence-electron chi connectivity index (χ2n) is 5.35. The van der Waals surface area contributed by atoms with Crippen LogP contribution < -0.4 is 0 Å². The highest BCUT2D eigenvalue weighted by molar-refractivity contribution is 7.11. The van der Waals surface area contributed by atoms with E-state index in [-0.39, 0.29) is 0 Å². The molecule has 0 saturated carbocycles. The molecule has 4 nitrogen and oxygen atoms in total. The first-order valence-corrected chi connectivity index (χ1v) is 8.76. The van der Waals surface area contributed by atoms with Crippen LogP contribution in [0.5, 0.6) is 0 Å². The van der Waals surface area contributed by atoms with Crippen LogP contribution in [-0.2, 0) is 0 Å². The number of pyridine rings is 1. The van der Waals surface area contributed by atoms with Gasteiger partial charge in [0.2, 0.25) is 0 Å². The van der Waals surface area contributed by atoms with Crippen LogP contribution in [0.25, 0.3) is 28.6 Å². The molecule has 0 amide bonds. The molecule has 0 atom stereocenters. The van der Waals surface area contributed by atoms with Crippen molar-refractivity contribution in [1.82, 2.24) is 14.4 Å². The van der Waals surface area contributed by atoms with Crippen molar-refractivity contribution in [3.8, 4) is 17.3 Å². The van der Waals surface area contributed by atoms with Crippen molar-refractivity contribution in [2.24, 2.45) is 0 Å². The fourth-order valence-electron chi connectivity index (χ4n) is 2.48. The van der Waals surface area contributed by atoms with Crippen molar-refractivity contribution in [2.45, 2.75) is 0 Å². The summed E-state index contributed by atoms with van der Waals surface area (Å²) in [5, 5.41) is 12.8. The van der Waals surface area contributed by atoms with Gasteiger partial charge in [-0.25, -0.2) is 9.97 Å². The lowest BCUT2D eigenvalue weighted by Crippen LogP contribution is -1.82. The van der Waals surface area contributed by atoms with Gasteiger partial charge < -0.3 is 4.40 Å². The molecule has 1 aromatic carbocycles. The van der Waals surface area contributed by atoms with Gasteiger partial charge in [-0.3, -0.25) is 0 Å². The Morgan fingerprint density at radius 1 is 1.12 bits per heavy atom. The molecule has 4 aromatic rings. The van der Waals surface area contributed by atoms with Crippen LogP contribution in [0, 0.1) is 11.3 Å². The second-order valence-corrected chi connectivity index (χ2v) is 6.65. The minimum Gasteiger partial charge on any atom is -0.305 e. The first-order valence-electron chi connectivity index (χ1n) is 7.50. The van der Waals surface area contributed by atoms with Crippen LogP contribution in [0.3, 0.4) is 0 Å². The Bertz CT molecular complexity index is 1120. The smallest absolute Gasteiger partial charge is 0.137 e. The van der Waals surface area contributed by atoms with Gasteiger partial charge >= 0.3 is 0 Å². The van der Waals surface area contributed by atoms with Gasteiger partial charge in [0.25, 0.3) is 0 Å². The van der Waals surface area contributed by atoms with Crippen molar-refractivity contribution in [3.63, 3.8) is 0 Å². The van der Waals surface area contributed by atoms with Crippen LogP contribution in [0.4, 0.5) is 0 Å². The standard InChI is InChI=1S/C19H11ClN4S/c20-15-6-7-18-22-16(11-24(18)10-15)8-14(9-21)19-23-17(12-25-19)13-4-2-1-3-5-13/h1-8,10-12H/b14-8+. The van der Waals surface area contributed by atoms with Crippen molar-refractivity contribution in [2.75, 3.05) is 0 Å². The van der Waals surface area contributed by atoms with Gasteiger partial charge in [0.15, 0.2) is 0 Å². The zero-order valence-electron chi connectivity index (χ0n) is 12.9. The molecule has 3 heterocycles. The SMILES string of the molecule is N#C/C(=C\c1cn2cc(Cl)ccc2n1)c1nc(-c2ccccc2)cs1. The molecule has 0 bridgehead atoms. The molecule has 120 valence electrons. The highest BCUT2D eigenvalue weighted by Gasteiger charge is 2.10. The zero-order valence-corrected chi connectivity index (χ0v) is 14.5. The maximum absolute atomic E-state index is 9.53. The quantitative estimate of drug-likeness (QED) is 0.472. The van der Waals surface area contributed by atoms with Crippen molar-refractivity contribution >= 4 is 40.2 Å². The van der Waals surface area contributed by atoms with Gasteiger partial charge in [-0.15, -0.1) is 11.3 Å². The molecule has 0 spiro atoms. The molecule has 0 saturated heterocycles. The Hall–Kier alpha value is -2.94. The molecule has 6 heteroatoms. The van der Waals surface area contributed by atoms with E-state index in [2.05, 4.69) is 16.0 Å². The number of allylic oxidation sites excluding steroid dienone is 1. The van der Waals surface area contributed by atoms with Gasteiger partial charge in [0, 0.05) is 23.3 Å². The van der Waals surface area contributed by atoms with E-state index in [1.54, 1.807) is 18.3 Å². The fourth-order valence-corrected chi connectivity index (χ4v) is 3.45. The molecule has 0 unspecified atom stereocenters. The predicted octanol–water partition coefficient (Wildman–Crippen LogP) is 5.18. The molecule has 25 heavy (non-hydrogen) atoms. The van der Waals surface area contributed by atoms with E-state index >= 15 is 0 Å². The number of rotatable bonds is 3. The normalized spacial score (nSPS) is 11.6. The number of hydrogen-bond acceptors (Lipinski definition) is 4. The van der Waals surface area contributed by atoms with Crippen molar-refractivity contribution < 1.29 is 0 Å². The highest BCUT2D eigenvalue weighted by atomic mass is 35.5. The number of thiazole rings is 1. The largest absolute Gasteiger partial charge is 0.305 e. The third kappa shape index (κ3) is 3.18. The number of fused-ring (bicyclic) bond motifs is 1. The third-order valence-corrected chi connectivity index (χ3v) is 4.75. The molecule has 3 aromatic heterocycles. The van der Waals surface area contributed by atoms with Crippen LogP contribution in [0.1, 0.15) is 10.7 Å². The fraction of sp³-hybridized carbons (Fsp3) is 0. The first-order chi connectivity index (χ1) is 12.2. The molecular formula is C19H11ClN4S. The molecule has 0 aliphatic carbocycles. The van der Waals surface area contributed by atoms with Gasteiger partial charge in [0.1, 0.15) is 16.7 Å². The van der Waals surface area contributed by atoms with Crippen LogP contribution in [0.15, 0.2) is 60.2 Å². The van der Waals surface area contributed by atoms with E-state index in [0.29, 0.717) is 21.3 Å². The number of nitrogens with zero attached hydrogens (tertiary/aromatic N) is 4. The topological polar surface area (TPSA) is 54.0 Å². The zero-order chi connectivity index (χ0) is 17.2. The average molecular weight is 363 g/mol. The summed E-state index contributed by atoms with van der Waals surface area (Å²) < 4.78 is 1.83. The summed E-state index contributed by atoms with van der Waals surface area (Å²) >= 11 is 7.44. The van der Waals surface area contributed by atoms with E-state index in [9.17, 15) is 5.26 Å². The second kappa shape index (κ2) is 6.52. The van der Waals surface area contributed by atoms with Crippen LogP contribution in [-0.4, -0.2) is 14.4 Å². The molecule has 0 radical (unpaired) electrons. The summed E-state index contributed by atoms with van der Waals surface area (Å²) in [6.45, 7) is 0. The lowest BCUT2D eigenvalue weighted by molar-refractivity contribution is 1.19. The number of nitriles is 1. The van der Waals surface area contributed by atoms with Gasteiger partial charge in [-0.05, 0) is 18.2 Å². The van der Waals surface area contributed by atoms with E-state index < -0.39 is 0 Å². The van der Waals surface area contributed by atoms with E-state index in [1.165, 1.54) is 11.3 Å². The molecule has 0 fully saturated rings. The number of imidazole rings is 1. The van der Waals surface area contributed by atoms with Gasteiger partial charge in [0.05, 0.1) is 22.0 Å². The molecular weight excluding hydrogens is 352 g/mol. The predicted molar refractivity (Wildman–Crippen MR) is 101 cm³/mol. The lowest BCUT2D eigenvalue weighted by Gasteiger charge is -1.94. The monoisotopic (exact) mass is 362 g/mol. The highest BCUT2D eigenvalue weighted by Crippen LogP contribution is 2.27. The van der Waals surface area contributed by atoms with Gasteiger partial charge in [-0.2, -0.15) is 5.26 Å². The Labute approximate surface area is 153 Å². The average Bonchev–Trinajstić information content (AvgIpc) is 3.26. The Balaban J connectivity index is 1.71. The summed E-state index contributed by atoms with van der Waals surface area (Å²) in [5.74, 6) is 0. The molecule has 0 aliphatic rings. The first kappa shape index (κ1) is 15.6. The van der Waals surface area contributed by atoms with E-state index in [4.69, 9.17) is 11.6 Å². The minimum atomic E-state index is 0.488. The Morgan fingerprint density at radius 3 is 2.76 bits per heavy atom. The van der Waals surface area contributed by atoms with E-state index in [1.807, 2.05) is 52.4 Å². The molecule has 0 aliphatic heterocycles. The van der Waals surface area contributed by atoms with Gasteiger partial charge in [-0.1, -0.05) is 41.9 Å². The number of hydrogen-bond donors (Lipinski definition) is 0. The summed E-state index contributed by atoms with van der Waals surface area (Å²) in [4.78, 5) is 9.07. The lowest BCUT2D eigenvalue weighted by atomic mass is 10.2. The summed E-state index contributed by atoms with van der Waals surface area (Å²) in [6, 6.07) is 15.7. The molecule has 0 N–H and O–H groups in total. The maximum Gasteiger partial charge on any atom is 0.137 e. The third-order valence-electron chi connectivity index (χ3n) is 3.65. The van der Waals surface area contributed by atoms with Crippen LogP contribution in [0.2, 0.25) is 5.02 Å². The summed E-state index contributed by atoms with van der Waals surface area (Å²) in [6.07, 6.45) is 5.36.